The average Bonchev–Trinajstić information content (AvgIpc) is 2.49. The zero-order valence-electron chi connectivity index (χ0n) is 13.4. The Morgan fingerprint density at radius 2 is 2.09 bits per heavy atom. The minimum absolute atomic E-state index is 0.0479. The predicted octanol–water partition coefficient (Wildman–Crippen LogP) is 3.61. The van der Waals surface area contributed by atoms with E-state index in [1.54, 1.807) is 24.3 Å². The lowest BCUT2D eigenvalue weighted by molar-refractivity contribution is 0.0955. The zero-order chi connectivity index (χ0) is 17.4. The van der Waals surface area contributed by atoms with Gasteiger partial charge in [-0.1, -0.05) is 24.2 Å². The molecule has 122 valence electrons. The van der Waals surface area contributed by atoms with Crippen LogP contribution in [0.5, 0.6) is 0 Å². The topological polar surface area (TPSA) is 64.9 Å². The molecule has 0 unspecified atom stereocenters. The number of hydrogen-bond acceptors (Lipinski definition) is 4. The average molecular weight is 334 g/mol. The van der Waals surface area contributed by atoms with Gasteiger partial charge >= 0.3 is 0 Å². The van der Waals surface area contributed by atoms with Crippen molar-refractivity contribution in [2.45, 2.75) is 6.92 Å². The van der Waals surface area contributed by atoms with Crippen molar-refractivity contribution in [1.29, 1.82) is 0 Å². The predicted molar refractivity (Wildman–Crippen MR) is 96.2 cm³/mol. The molecule has 0 radical (unpaired) electrons. The lowest BCUT2D eigenvalue weighted by Gasteiger charge is -2.12. The summed E-state index contributed by atoms with van der Waals surface area (Å²) in [5.41, 5.74) is 4.23. The molecule has 0 aliphatic carbocycles. The third-order valence-corrected chi connectivity index (χ3v) is 2.98. The van der Waals surface area contributed by atoms with Crippen LogP contribution in [0.4, 0.5) is 5.69 Å². The van der Waals surface area contributed by atoms with Gasteiger partial charge in [-0.25, -0.2) is 5.43 Å². The molecule has 1 rings (SSSR count). The van der Waals surface area contributed by atoms with Crippen molar-refractivity contribution in [3.05, 3.63) is 64.9 Å². The van der Waals surface area contributed by atoms with Gasteiger partial charge in [-0.2, -0.15) is 5.10 Å². The minimum atomic E-state index is -0.342. The van der Waals surface area contributed by atoms with E-state index < -0.39 is 0 Å². The number of nitrogens with zero attached hydrogens (tertiary/aromatic N) is 2. The van der Waals surface area contributed by atoms with Crippen molar-refractivity contribution in [3.8, 4) is 0 Å². The lowest BCUT2D eigenvalue weighted by atomic mass is 10.2. The van der Waals surface area contributed by atoms with E-state index in [9.17, 15) is 9.90 Å². The molecule has 1 aromatic rings. The first-order chi connectivity index (χ1) is 10.8. The van der Waals surface area contributed by atoms with Gasteiger partial charge in [0.05, 0.1) is 12.0 Å². The molecule has 0 heterocycles. The van der Waals surface area contributed by atoms with Crippen molar-refractivity contribution in [3.63, 3.8) is 0 Å². The Morgan fingerprint density at radius 3 is 2.65 bits per heavy atom. The van der Waals surface area contributed by atoms with Crippen LogP contribution in [0.25, 0.3) is 0 Å². The summed E-state index contributed by atoms with van der Waals surface area (Å²) < 4.78 is 0. The number of benzene rings is 1. The number of aliphatic hydroxyl groups excluding tert-OH is 1. The van der Waals surface area contributed by atoms with E-state index >= 15 is 0 Å². The molecule has 2 N–H and O–H groups in total. The van der Waals surface area contributed by atoms with E-state index in [4.69, 9.17) is 11.6 Å². The highest BCUT2D eigenvalue weighted by Gasteiger charge is 2.05. The Labute approximate surface area is 141 Å². The summed E-state index contributed by atoms with van der Waals surface area (Å²) in [5, 5.41) is 13.7. The van der Waals surface area contributed by atoms with E-state index in [1.807, 2.05) is 25.1 Å². The molecule has 0 saturated carbocycles. The van der Waals surface area contributed by atoms with Gasteiger partial charge in [0, 0.05) is 36.0 Å². The lowest BCUT2D eigenvalue weighted by Crippen LogP contribution is -2.18. The summed E-state index contributed by atoms with van der Waals surface area (Å²) in [7, 11) is 3.79. The third kappa shape index (κ3) is 6.40. The molecule has 0 bridgehead atoms. The van der Waals surface area contributed by atoms with Crippen LogP contribution in [0.2, 0.25) is 0 Å². The molecule has 1 amide bonds. The Bertz CT molecular complexity index is 672. The minimum Gasteiger partial charge on any atom is -0.512 e. The number of hydrogen-bond donors (Lipinski definition) is 2. The molecule has 23 heavy (non-hydrogen) atoms. The Kier molecular flexibility index (Phi) is 7.09. The Hall–Kier alpha value is -2.53. The van der Waals surface area contributed by atoms with Gasteiger partial charge in [-0.05, 0) is 37.3 Å². The molecule has 0 fully saturated rings. The molecular formula is C17H20ClN3O2. The first-order valence-electron chi connectivity index (χ1n) is 6.84. The number of hydrazone groups is 1. The van der Waals surface area contributed by atoms with Crippen molar-refractivity contribution in [2.75, 3.05) is 19.0 Å². The second kappa shape index (κ2) is 8.80. The van der Waals surface area contributed by atoms with E-state index in [2.05, 4.69) is 17.1 Å². The third-order valence-electron chi connectivity index (χ3n) is 2.86. The number of halogens is 1. The van der Waals surface area contributed by atoms with Gasteiger partial charge in [0.2, 0.25) is 0 Å². The molecule has 5 nitrogen and oxygen atoms in total. The number of rotatable bonds is 6. The number of nitrogens with one attached hydrogen (secondary N) is 1. The first kappa shape index (κ1) is 18.5. The van der Waals surface area contributed by atoms with E-state index in [-0.39, 0.29) is 11.7 Å². The van der Waals surface area contributed by atoms with Crippen molar-refractivity contribution in [1.82, 2.24) is 5.43 Å². The fraction of sp³-hybridized carbons (Fsp3) is 0.176. The second-order valence-corrected chi connectivity index (χ2v) is 5.45. The van der Waals surface area contributed by atoms with Gasteiger partial charge < -0.3 is 10.0 Å². The standard InChI is InChI=1S/C17H20ClN3O2/c1-12(18)8-9-15(13(2)22)11-19-20-17(23)14-6-5-7-16(10-14)21(3)4/h5-11,22H,1H2,2-4H3,(H,20,23)/b9-8-,15-13-,19-11+. The maximum atomic E-state index is 12.1. The van der Waals surface area contributed by atoms with Gasteiger partial charge in [-0.3, -0.25) is 4.79 Å². The molecule has 0 aliphatic heterocycles. The van der Waals surface area contributed by atoms with Crippen LogP contribution in [-0.2, 0) is 0 Å². The first-order valence-corrected chi connectivity index (χ1v) is 7.22. The number of amides is 1. The summed E-state index contributed by atoms with van der Waals surface area (Å²) in [6, 6.07) is 7.16. The smallest absolute Gasteiger partial charge is 0.271 e. The fourth-order valence-electron chi connectivity index (χ4n) is 1.59. The summed E-state index contributed by atoms with van der Waals surface area (Å²) in [6.07, 6.45) is 4.40. The van der Waals surface area contributed by atoms with Crippen molar-refractivity contribution in [2.24, 2.45) is 5.10 Å². The number of allylic oxidation sites excluding steroid dienone is 5. The number of aliphatic hydroxyl groups is 1. The molecule has 0 saturated heterocycles. The molecular weight excluding hydrogens is 314 g/mol. The van der Waals surface area contributed by atoms with Gasteiger partial charge in [-0.15, -0.1) is 0 Å². The second-order valence-electron chi connectivity index (χ2n) is 4.96. The van der Waals surface area contributed by atoms with Crippen LogP contribution < -0.4 is 10.3 Å². The highest BCUT2D eigenvalue weighted by molar-refractivity contribution is 6.30. The largest absolute Gasteiger partial charge is 0.512 e. The van der Waals surface area contributed by atoms with Crippen molar-refractivity contribution < 1.29 is 9.90 Å². The summed E-state index contributed by atoms with van der Waals surface area (Å²) in [5.74, 6) is -0.294. The molecule has 0 aliphatic rings. The molecule has 0 spiro atoms. The van der Waals surface area contributed by atoms with Crippen LogP contribution in [-0.4, -0.2) is 31.3 Å². The Morgan fingerprint density at radius 1 is 1.39 bits per heavy atom. The van der Waals surface area contributed by atoms with Crippen LogP contribution in [0.3, 0.4) is 0 Å². The maximum Gasteiger partial charge on any atom is 0.271 e. The fourth-order valence-corrected chi connectivity index (χ4v) is 1.65. The molecule has 6 heteroatoms. The zero-order valence-corrected chi connectivity index (χ0v) is 14.1. The van der Waals surface area contributed by atoms with E-state index in [1.165, 1.54) is 19.2 Å². The van der Waals surface area contributed by atoms with Gasteiger partial charge in [0.15, 0.2) is 0 Å². The highest BCUT2D eigenvalue weighted by atomic mass is 35.5. The monoisotopic (exact) mass is 333 g/mol. The summed E-state index contributed by atoms with van der Waals surface area (Å²) >= 11 is 5.63. The van der Waals surface area contributed by atoms with Gasteiger partial charge in [0.25, 0.3) is 5.91 Å². The number of carbonyl (C=O) groups excluding carboxylic acids is 1. The molecule has 0 atom stereocenters. The quantitative estimate of drug-likeness (QED) is 0.362. The van der Waals surface area contributed by atoms with Crippen LogP contribution >= 0.6 is 11.6 Å². The SMILES string of the molecule is C=C(Cl)\C=C/C(/C=N/NC(=O)c1cccc(N(C)C)c1)=C(\C)O. The van der Waals surface area contributed by atoms with Crippen LogP contribution in [0, 0.1) is 0 Å². The van der Waals surface area contributed by atoms with Crippen LogP contribution in [0.15, 0.2) is 64.5 Å². The van der Waals surface area contributed by atoms with E-state index in [0.717, 1.165) is 5.69 Å². The van der Waals surface area contributed by atoms with Gasteiger partial charge in [0.1, 0.15) is 0 Å². The van der Waals surface area contributed by atoms with E-state index in [0.29, 0.717) is 16.2 Å². The normalized spacial score (nSPS) is 12.3. The molecule has 0 aromatic heterocycles. The maximum absolute atomic E-state index is 12.1. The highest BCUT2D eigenvalue weighted by Crippen LogP contribution is 2.13. The molecule has 1 aromatic carbocycles. The number of carbonyl (C=O) groups is 1. The Balaban J connectivity index is 2.80. The number of anilines is 1. The summed E-state index contributed by atoms with van der Waals surface area (Å²) in [4.78, 5) is 14.0. The van der Waals surface area contributed by atoms with Crippen LogP contribution in [0.1, 0.15) is 17.3 Å². The van der Waals surface area contributed by atoms with Crippen molar-refractivity contribution >= 4 is 29.4 Å². The summed E-state index contributed by atoms with van der Waals surface area (Å²) in [6.45, 7) is 5.02.